The van der Waals surface area contributed by atoms with Crippen LogP contribution in [0.2, 0.25) is 0 Å². The molecule has 41 heavy (non-hydrogen) atoms. The number of hydrogen-bond acceptors (Lipinski definition) is 10. The number of para-hydroxylation sites is 1. The van der Waals surface area contributed by atoms with Crippen LogP contribution in [0.3, 0.4) is 0 Å². The van der Waals surface area contributed by atoms with E-state index in [4.69, 9.17) is 10.7 Å². The number of nitrogen functional groups attached to an aromatic ring is 1. The van der Waals surface area contributed by atoms with Gasteiger partial charge < -0.3 is 11.1 Å². The van der Waals surface area contributed by atoms with Crippen LogP contribution in [-0.2, 0) is 10.0 Å². The summed E-state index contributed by atoms with van der Waals surface area (Å²) >= 11 is 0. The van der Waals surface area contributed by atoms with Gasteiger partial charge in [-0.3, -0.25) is 18.7 Å². The predicted molar refractivity (Wildman–Crippen MR) is 157 cm³/mol. The fraction of sp³-hybridized carbons (Fsp3) is 0.143. The predicted octanol–water partition coefficient (Wildman–Crippen LogP) is 3.26. The summed E-state index contributed by atoms with van der Waals surface area (Å²) < 4.78 is 26.9. The summed E-state index contributed by atoms with van der Waals surface area (Å²) in [5, 5.41) is 13.0. The third-order valence-electron chi connectivity index (χ3n) is 6.50. The van der Waals surface area contributed by atoms with Crippen LogP contribution in [0.1, 0.15) is 24.4 Å². The van der Waals surface area contributed by atoms with Crippen molar-refractivity contribution < 1.29 is 8.42 Å². The molecule has 3 aromatic heterocycles. The Morgan fingerprint density at radius 1 is 1.07 bits per heavy atom. The summed E-state index contributed by atoms with van der Waals surface area (Å²) in [5.74, 6) is 0.580. The van der Waals surface area contributed by atoms with Crippen molar-refractivity contribution in [3.63, 3.8) is 0 Å². The van der Waals surface area contributed by atoms with Gasteiger partial charge in [0.15, 0.2) is 0 Å². The number of aromatic nitrogens is 5. The molecule has 0 spiro atoms. The fourth-order valence-corrected chi connectivity index (χ4v) is 4.88. The Bertz CT molecular complexity index is 1990. The van der Waals surface area contributed by atoms with Gasteiger partial charge in [-0.25, -0.2) is 18.4 Å². The molecular formula is C28H25N9O3S. The second-order valence-corrected chi connectivity index (χ2v) is 11.3. The topological polar surface area (TPSA) is 173 Å². The molecule has 3 N–H and O–H groups in total. The van der Waals surface area contributed by atoms with Crippen molar-refractivity contribution in [1.82, 2.24) is 24.5 Å². The van der Waals surface area contributed by atoms with E-state index < -0.39 is 16.1 Å². The second kappa shape index (κ2) is 10.7. The van der Waals surface area contributed by atoms with E-state index in [-0.39, 0.29) is 22.9 Å². The van der Waals surface area contributed by atoms with Gasteiger partial charge in [0.1, 0.15) is 23.3 Å². The van der Waals surface area contributed by atoms with Crippen LogP contribution < -0.4 is 20.9 Å². The van der Waals surface area contributed by atoms with E-state index in [2.05, 4.69) is 20.3 Å². The number of pyridine rings is 1. The van der Waals surface area contributed by atoms with Gasteiger partial charge in [0.25, 0.3) is 5.56 Å². The molecule has 13 heteroatoms. The van der Waals surface area contributed by atoms with Gasteiger partial charge in [-0.05, 0) is 36.8 Å². The maximum absolute atomic E-state index is 14.3. The van der Waals surface area contributed by atoms with Gasteiger partial charge in [-0.1, -0.05) is 30.3 Å². The first-order chi connectivity index (χ1) is 19.6. The minimum absolute atomic E-state index is 0.00683. The summed E-state index contributed by atoms with van der Waals surface area (Å²) in [5.41, 5.74) is 8.06. The lowest BCUT2D eigenvalue weighted by Gasteiger charge is -2.21. The van der Waals surface area contributed by atoms with Crippen molar-refractivity contribution in [2.75, 3.05) is 28.7 Å². The van der Waals surface area contributed by atoms with Gasteiger partial charge >= 0.3 is 0 Å². The number of nitrogens with zero attached hydrogens (tertiary/aromatic N) is 7. The summed E-state index contributed by atoms with van der Waals surface area (Å²) in [7, 11) is -2.09. The highest BCUT2D eigenvalue weighted by molar-refractivity contribution is 7.92. The number of nitrogens with two attached hydrogens (primary N) is 1. The monoisotopic (exact) mass is 567 g/mol. The number of fused-ring (bicyclic) bond motifs is 1. The molecule has 0 unspecified atom stereocenters. The average Bonchev–Trinajstić information content (AvgIpc) is 2.96. The van der Waals surface area contributed by atoms with Crippen LogP contribution in [0.15, 0.2) is 78.0 Å². The number of anilines is 3. The Labute approximate surface area is 235 Å². The standard InChI is InChI=1S/C28H25N9O3S/c1-17(33-25-19(13-29)15-32-28(30)35-25)26-34-23-11-7-10-22(18-12-21(16-31-14-18)36(2)41(3,39)40)24(23)27(38)37(26)20-8-5-4-6-9-20/h4-12,14-17H,1-3H3,(H3,30,32,33,35)/t17-/m1/s1. The SMILES string of the molecule is C[C@@H](Nc1nc(N)ncc1C#N)c1nc2cccc(-c3cncc(N(C)S(C)(=O)=O)c3)c2c(=O)n1-c1ccccc1. The molecule has 0 saturated carbocycles. The quantitative estimate of drug-likeness (QED) is 0.297. The molecule has 0 saturated heterocycles. The van der Waals surface area contributed by atoms with E-state index >= 15 is 0 Å². The van der Waals surface area contributed by atoms with Crippen LogP contribution in [0.25, 0.3) is 27.7 Å². The van der Waals surface area contributed by atoms with E-state index in [1.54, 1.807) is 49.5 Å². The molecule has 206 valence electrons. The number of hydrogen-bond donors (Lipinski definition) is 2. The first kappa shape index (κ1) is 27.2. The Morgan fingerprint density at radius 2 is 1.83 bits per heavy atom. The molecule has 0 aliphatic heterocycles. The average molecular weight is 568 g/mol. The highest BCUT2D eigenvalue weighted by Crippen LogP contribution is 2.30. The summed E-state index contributed by atoms with van der Waals surface area (Å²) in [6, 6.07) is 17.4. The normalized spacial score (nSPS) is 12.0. The maximum atomic E-state index is 14.3. The third-order valence-corrected chi connectivity index (χ3v) is 7.71. The lowest BCUT2D eigenvalue weighted by Crippen LogP contribution is -2.28. The Kier molecular flexibility index (Phi) is 7.08. The summed E-state index contributed by atoms with van der Waals surface area (Å²) in [4.78, 5) is 31.5. The van der Waals surface area contributed by atoms with Crippen LogP contribution in [0.5, 0.6) is 0 Å². The zero-order valence-electron chi connectivity index (χ0n) is 22.3. The molecule has 0 amide bonds. The fourth-order valence-electron chi connectivity index (χ4n) is 4.40. The van der Waals surface area contributed by atoms with Crippen molar-refractivity contribution in [1.29, 1.82) is 5.26 Å². The molecule has 0 radical (unpaired) electrons. The maximum Gasteiger partial charge on any atom is 0.266 e. The summed E-state index contributed by atoms with van der Waals surface area (Å²) in [6.45, 7) is 1.80. The van der Waals surface area contributed by atoms with Crippen LogP contribution in [-0.4, -0.2) is 46.2 Å². The Balaban J connectivity index is 1.73. The molecule has 0 aliphatic rings. The van der Waals surface area contributed by atoms with Crippen molar-refractivity contribution >= 4 is 38.4 Å². The number of benzene rings is 2. The van der Waals surface area contributed by atoms with Crippen molar-refractivity contribution in [3.05, 3.63) is 94.9 Å². The van der Waals surface area contributed by atoms with Crippen LogP contribution >= 0.6 is 0 Å². The second-order valence-electron chi connectivity index (χ2n) is 9.28. The van der Waals surface area contributed by atoms with Crippen molar-refractivity contribution in [2.45, 2.75) is 13.0 Å². The largest absolute Gasteiger partial charge is 0.368 e. The number of sulfonamides is 1. The van der Waals surface area contributed by atoms with Crippen LogP contribution in [0, 0.1) is 11.3 Å². The Hall–Kier alpha value is -5.35. The molecule has 5 rings (SSSR count). The van der Waals surface area contributed by atoms with E-state index in [0.29, 0.717) is 39.2 Å². The lowest BCUT2D eigenvalue weighted by molar-refractivity contribution is 0.600. The minimum atomic E-state index is -3.53. The third kappa shape index (κ3) is 5.28. The molecule has 0 fully saturated rings. The smallest absolute Gasteiger partial charge is 0.266 e. The molecular weight excluding hydrogens is 542 g/mol. The lowest BCUT2D eigenvalue weighted by atomic mass is 10.0. The first-order valence-electron chi connectivity index (χ1n) is 12.4. The highest BCUT2D eigenvalue weighted by atomic mass is 32.2. The summed E-state index contributed by atoms with van der Waals surface area (Å²) in [6.07, 6.45) is 5.44. The highest BCUT2D eigenvalue weighted by Gasteiger charge is 2.22. The molecule has 0 aliphatic carbocycles. The van der Waals surface area contributed by atoms with Gasteiger partial charge in [-0.15, -0.1) is 0 Å². The number of rotatable bonds is 7. The molecule has 3 heterocycles. The van der Waals surface area contributed by atoms with Crippen molar-refractivity contribution in [2.24, 2.45) is 0 Å². The zero-order chi connectivity index (χ0) is 29.3. The van der Waals surface area contributed by atoms with E-state index in [9.17, 15) is 18.5 Å². The minimum Gasteiger partial charge on any atom is -0.368 e. The molecule has 1 atom stereocenters. The molecule has 5 aromatic rings. The molecule has 12 nitrogen and oxygen atoms in total. The zero-order valence-corrected chi connectivity index (χ0v) is 23.2. The van der Waals surface area contributed by atoms with Gasteiger partial charge in [0.2, 0.25) is 16.0 Å². The van der Waals surface area contributed by atoms with E-state index in [1.165, 1.54) is 24.0 Å². The number of nitriles is 1. The molecule has 2 aromatic carbocycles. The first-order valence-corrected chi connectivity index (χ1v) is 14.2. The van der Waals surface area contributed by atoms with Gasteiger partial charge in [-0.2, -0.15) is 10.2 Å². The van der Waals surface area contributed by atoms with E-state index in [1.807, 2.05) is 24.3 Å². The molecule has 0 bridgehead atoms. The van der Waals surface area contributed by atoms with E-state index in [0.717, 1.165) is 10.6 Å². The van der Waals surface area contributed by atoms with Gasteiger partial charge in [0, 0.05) is 18.8 Å². The van der Waals surface area contributed by atoms with Gasteiger partial charge in [0.05, 0.1) is 47.0 Å². The van der Waals surface area contributed by atoms with Crippen molar-refractivity contribution in [3.8, 4) is 22.9 Å². The number of nitrogens with one attached hydrogen (secondary N) is 1. The Morgan fingerprint density at radius 3 is 2.54 bits per heavy atom. The van der Waals surface area contributed by atoms with Crippen LogP contribution in [0.4, 0.5) is 17.5 Å².